The number of ether oxygens (including phenoxy) is 1. The van der Waals surface area contributed by atoms with E-state index in [2.05, 4.69) is 10.2 Å². The number of benzene rings is 2. The van der Waals surface area contributed by atoms with Crippen LogP contribution < -0.4 is 4.90 Å². The van der Waals surface area contributed by atoms with E-state index in [-0.39, 0.29) is 48.6 Å². The van der Waals surface area contributed by atoms with Crippen LogP contribution in [0.15, 0.2) is 52.9 Å². The van der Waals surface area contributed by atoms with E-state index in [0.717, 1.165) is 4.90 Å². The highest BCUT2D eigenvalue weighted by Crippen LogP contribution is 2.23. The zero-order chi connectivity index (χ0) is 20.4. The Morgan fingerprint density at radius 3 is 2.31 bits per heavy atom. The molecule has 0 unspecified atom stereocenters. The van der Waals surface area contributed by atoms with E-state index in [4.69, 9.17) is 20.8 Å². The van der Waals surface area contributed by atoms with Crippen LogP contribution in [0.5, 0.6) is 0 Å². The first-order chi connectivity index (χ1) is 14.0. The summed E-state index contributed by atoms with van der Waals surface area (Å²) in [6.07, 6.45) is 0.398. The molecule has 2 aromatic carbocycles. The average molecular weight is 412 g/mol. The number of carbonyl (C=O) groups is 3. The fraction of sp³-hybridized carbons (Fsp3) is 0.150. The molecular formula is C20H14ClN3O5. The maximum absolute atomic E-state index is 12.2. The first-order valence-electron chi connectivity index (χ1n) is 8.72. The Kier molecular flexibility index (Phi) is 5.09. The fourth-order valence-electron chi connectivity index (χ4n) is 2.84. The third-order valence-corrected chi connectivity index (χ3v) is 4.55. The highest BCUT2D eigenvalue weighted by Gasteiger charge is 2.30. The Hall–Kier alpha value is -3.52. The Labute approximate surface area is 170 Å². The van der Waals surface area contributed by atoms with Crippen LogP contribution in [0.3, 0.4) is 0 Å². The Bertz CT molecular complexity index is 1060. The molecule has 1 fully saturated rings. The summed E-state index contributed by atoms with van der Waals surface area (Å²) in [7, 11) is 0. The van der Waals surface area contributed by atoms with Gasteiger partial charge < -0.3 is 9.15 Å². The van der Waals surface area contributed by atoms with Crippen molar-refractivity contribution in [3.63, 3.8) is 0 Å². The highest BCUT2D eigenvalue weighted by molar-refractivity contribution is 6.30. The van der Waals surface area contributed by atoms with Gasteiger partial charge in [-0.15, -0.1) is 10.2 Å². The lowest BCUT2D eigenvalue weighted by Gasteiger charge is -2.13. The summed E-state index contributed by atoms with van der Waals surface area (Å²) < 4.78 is 10.7. The van der Waals surface area contributed by atoms with E-state index in [1.807, 2.05) is 0 Å². The molecule has 2 amide bonds. The number of nitrogens with zero attached hydrogens (tertiary/aromatic N) is 3. The van der Waals surface area contributed by atoms with E-state index < -0.39 is 5.97 Å². The van der Waals surface area contributed by atoms with Gasteiger partial charge in [-0.1, -0.05) is 11.6 Å². The number of hydrogen-bond donors (Lipinski definition) is 0. The number of anilines is 1. The SMILES string of the molecule is O=C(OCc1nnc(-c2ccc(Cl)cc2)o1)c1ccc(N2C(=O)CCC2=O)cc1. The Morgan fingerprint density at radius 2 is 1.66 bits per heavy atom. The van der Waals surface area contributed by atoms with Crippen LogP contribution in [0.1, 0.15) is 29.1 Å². The monoisotopic (exact) mass is 411 g/mol. The standard InChI is InChI=1S/C20H14ClN3O5/c21-14-5-1-12(2-6-14)19-23-22-16(29-19)11-28-20(27)13-3-7-15(8-4-13)24-17(25)9-10-18(24)26/h1-8H,9-11H2. The van der Waals surface area contributed by atoms with Gasteiger partial charge in [-0.25, -0.2) is 4.79 Å². The maximum atomic E-state index is 12.2. The number of amides is 2. The van der Waals surface area contributed by atoms with Crippen molar-refractivity contribution >= 4 is 35.1 Å². The van der Waals surface area contributed by atoms with Crippen LogP contribution in [0, 0.1) is 0 Å². The fourth-order valence-corrected chi connectivity index (χ4v) is 2.97. The molecule has 8 nitrogen and oxygen atoms in total. The number of halogens is 1. The van der Waals surface area contributed by atoms with E-state index in [1.54, 1.807) is 24.3 Å². The molecule has 2 heterocycles. The summed E-state index contributed by atoms with van der Waals surface area (Å²) in [6.45, 7) is -0.190. The number of esters is 1. The van der Waals surface area contributed by atoms with Crippen molar-refractivity contribution in [1.82, 2.24) is 10.2 Å². The molecule has 0 bridgehead atoms. The first-order valence-corrected chi connectivity index (χ1v) is 9.10. The van der Waals surface area contributed by atoms with Gasteiger partial charge in [-0.2, -0.15) is 0 Å². The van der Waals surface area contributed by atoms with Gasteiger partial charge in [0, 0.05) is 23.4 Å². The molecule has 0 atom stereocenters. The molecule has 29 heavy (non-hydrogen) atoms. The third-order valence-electron chi connectivity index (χ3n) is 4.30. The molecule has 1 saturated heterocycles. The molecule has 1 aromatic heterocycles. The van der Waals surface area contributed by atoms with Crippen molar-refractivity contribution < 1.29 is 23.5 Å². The lowest BCUT2D eigenvalue weighted by Crippen LogP contribution is -2.28. The highest BCUT2D eigenvalue weighted by atomic mass is 35.5. The van der Waals surface area contributed by atoms with E-state index in [0.29, 0.717) is 16.3 Å². The minimum atomic E-state index is -0.595. The summed E-state index contributed by atoms with van der Waals surface area (Å²) >= 11 is 5.85. The minimum absolute atomic E-state index is 0.146. The summed E-state index contributed by atoms with van der Waals surface area (Å²) in [6, 6.07) is 12.9. The van der Waals surface area contributed by atoms with Crippen molar-refractivity contribution in [2.75, 3.05) is 4.90 Å². The van der Waals surface area contributed by atoms with Crippen molar-refractivity contribution in [2.24, 2.45) is 0 Å². The van der Waals surface area contributed by atoms with Gasteiger partial charge in [0.2, 0.25) is 17.7 Å². The summed E-state index contributed by atoms with van der Waals surface area (Å²) in [5.74, 6) is -0.663. The quantitative estimate of drug-likeness (QED) is 0.468. The summed E-state index contributed by atoms with van der Waals surface area (Å²) in [5.41, 5.74) is 1.39. The average Bonchev–Trinajstić information content (AvgIpc) is 3.33. The van der Waals surface area contributed by atoms with E-state index in [9.17, 15) is 14.4 Å². The van der Waals surface area contributed by atoms with E-state index >= 15 is 0 Å². The lowest BCUT2D eigenvalue weighted by atomic mass is 10.2. The van der Waals surface area contributed by atoms with Crippen LogP contribution in [-0.2, 0) is 20.9 Å². The number of imide groups is 1. The second kappa shape index (κ2) is 7.84. The van der Waals surface area contributed by atoms with Crippen LogP contribution in [0.2, 0.25) is 5.02 Å². The molecule has 146 valence electrons. The van der Waals surface area contributed by atoms with Gasteiger partial charge in [0.05, 0.1) is 11.3 Å². The molecule has 3 aromatic rings. The number of hydrogen-bond acceptors (Lipinski definition) is 7. The molecule has 0 radical (unpaired) electrons. The topological polar surface area (TPSA) is 103 Å². The lowest BCUT2D eigenvalue weighted by molar-refractivity contribution is -0.121. The molecule has 0 N–H and O–H groups in total. The zero-order valence-electron chi connectivity index (χ0n) is 15.0. The van der Waals surface area contributed by atoms with Crippen LogP contribution in [0.4, 0.5) is 5.69 Å². The van der Waals surface area contributed by atoms with Crippen molar-refractivity contribution in [1.29, 1.82) is 0 Å². The summed E-state index contributed by atoms with van der Waals surface area (Å²) in [5, 5.41) is 8.36. The molecule has 1 aliphatic rings. The second-order valence-corrected chi connectivity index (χ2v) is 6.69. The van der Waals surface area contributed by atoms with Gasteiger partial charge in [-0.05, 0) is 48.5 Å². The van der Waals surface area contributed by atoms with Gasteiger partial charge in [0.25, 0.3) is 5.89 Å². The maximum Gasteiger partial charge on any atom is 0.338 e. The van der Waals surface area contributed by atoms with Gasteiger partial charge in [0.15, 0.2) is 6.61 Å². The third kappa shape index (κ3) is 4.02. The van der Waals surface area contributed by atoms with Gasteiger partial charge in [-0.3, -0.25) is 14.5 Å². The Morgan fingerprint density at radius 1 is 1.00 bits per heavy atom. The van der Waals surface area contributed by atoms with Gasteiger partial charge >= 0.3 is 5.97 Å². The van der Waals surface area contributed by atoms with Gasteiger partial charge in [0.1, 0.15) is 0 Å². The van der Waals surface area contributed by atoms with Crippen LogP contribution in [-0.4, -0.2) is 28.0 Å². The molecule has 1 aliphatic heterocycles. The van der Waals surface area contributed by atoms with Crippen LogP contribution >= 0.6 is 11.6 Å². The smallest absolute Gasteiger partial charge is 0.338 e. The minimum Gasteiger partial charge on any atom is -0.452 e. The van der Waals surface area contributed by atoms with E-state index in [1.165, 1.54) is 24.3 Å². The molecule has 4 rings (SSSR count). The number of rotatable bonds is 5. The molecule has 0 spiro atoms. The van der Waals surface area contributed by atoms with Crippen molar-refractivity contribution in [3.05, 3.63) is 65.0 Å². The normalized spacial score (nSPS) is 13.8. The number of carbonyl (C=O) groups excluding carboxylic acids is 3. The van der Waals surface area contributed by atoms with Crippen molar-refractivity contribution in [3.8, 4) is 11.5 Å². The van der Waals surface area contributed by atoms with Crippen LogP contribution in [0.25, 0.3) is 11.5 Å². The predicted octanol–water partition coefficient (Wildman–Crippen LogP) is 3.40. The molecule has 0 aliphatic carbocycles. The predicted molar refractivity (Wildman–Crippen MR) is 102 cm³/mol. The molecule has 0 saturated carbocycles. The molecule has 9 heteroatoms. The first kappa shape index (κ1) is 18.8. The number of aromatic nitrogens is 2. The molecular weight excluding hydrogens is 398 g/mol. The van der Waals surface area contributed by atoms with Crippen molar-refractivity contribution in [2.45, 2.75) is 19.4 Å². The largest absolute Gasteiger partial charge is 0.452 e. The summed E-state index contributed by atoms with van der Waals surface area (Å²) in [4.78, 5) is 36.9. The second-order valence-electron chi connectivity index (χ2n) is 6.25. The zero-order valence-corrected chi connectivity index (χ0v) is 15.8. The Balaban J connectivity index is 1.38.